The number of nitrogens with zero attached hydrogens (tertiary/aromatic N) is 2. The molecular weight excluding hydrogens is 436 g/mol. The molecule has 172 valence electrons. The van der Waals surface area contributed by atoms with E-state index in [1.807, 2.05) is 36.4 Å². The molecule has 1 fully saturated rings. The molecule has 2 aromatic carbocycles. The molecule has 0 aliphatic carbocycles. The van der Waals surface area contributed by atoms with Crippen molar-refractivity contribution in [2.45, 2.75) is 50.3 Å². The summed E-state index contributed by atoms with van der Waals surface area (Å²) in [7, 11) is -2.75. The minimum atomic E-state index is -2.75. The van der Waals surface area contributed by atoms with Crippen molar-refractivity contribution in [2.24, 2.45) is 0 Å². The number of hydrogen-bond donors (Lipinski definition) is 1. The lowest BCUT2D eigenvalue weighted by Gasteiger charge is -2.43. The summed E-state index contributed by atoms with van der Waals surface area (Å²) in [5, 5.41) is 13.2. The lowest BCUT2D eigenvalue weighted by molar-refractivity contribution is -0.0401. The standard InChI is InChI=1S/C25H28N2O5Si/c1-25(2,3)33(17-10-6-4-7-11-17,18-12-8-5-9-13-18)30-16-19-21(29)22-23(31-19)27-15-14-20(28)26-24(27)32-22/h4-15,19,21-23,29H,16H2,1-3H3/t19-,21?,22?,23-/m1/s1. The number of benzene rings is 2. The first kappa shape index (κ1) is 22.0. The molecule has 1 saturated heterocycles. The molecule has 3 aromatic rings. The first-order chi connectivity index (χ1) is 15.8. The van der Waals surface area contributed by atoms with Crippen LogP contribution in [0.2, 0.25) is 5.04 Å². The van der Waals surface area contributed by atoms with Crippen LogP contribution in [-0.2, 0) is 9.16 Å². The summed E-state index contributed by atoms with van der Waals surface area (Å²) < 4.78 is 20.5. The molecule has 4 atom stereocenters. The van der Waals surface area contributed by atoms with E-state index in [1.54, 1.807) is 10.8 Å². The number of ether oxygens (including phenoxy) is 2. The molecule has 2 aliphatic rings. The third-order valence-electron chi connectivity index (χ3n) is 6.51. The fraction of sp³-hybridized carbons (Fsp3) is 0.360. The Bertz CT molecular complexity index is 1140. The highest BCUT2D eigenvalue weighted by atomic mass is 28.4. The van der Waals surface area contributed by atoms with Crippen LogP contribution in [0.4, 0.5) is 0 Å². The number of aliphatic hydroxyl groups is 1. The zero-order chi connectivity index (χ0) is 23.2. The average molecular weight is 465 g/mol. The van der Waals surface area contributed by atoms with Gasteiger partial charge in [0.05, 0.1) is 6.61 Å². The van der Waals surface area contributed by atoms with Gasteiger partial charge in [0.15, 0.2) is 12.3 Å². The summed E-state index contributed by atoms with van der Waals surface area (Å²) in [6, 6.07) is 22.2. The molecule has 0 radical (unpaired) electrons. The van der Waals surface area contributed by atoms with Crippen LogP contribution in [0.3, 0.4) is 0 Å². The van der Waals surface area contributed by atoms with Crippen molar-refractivity contribution >= 4 is 18.7 Å². The van der Waals surface area contributed by atoms with E-state index in [0.717, 1.165) is 0 Å². The Balaban J connectivity index is 1.47. The highest BCUT2D eigenvalue weighted by Gasteiger charge is 2.54. The predicted octanol–water partition coefficient (Wildman–Crippen LogP) is 1.84. The van der Waals surface area contributed by atoms with Crippen LogP contribution in [0.5, 0.6) is 6.01 Å². The summed E-state index contributed by atoms with van der Waals surface area (Å²) in [5.41, 5.74) is -0.387. The summed E-state index contributed by atoms with van der Waals surface area (Å²) in [4.78, 5) is 15.4. The minimum Gasteiger partial charge on any atom is -0.453 e. The Labute approximate surface area is 193 Å². The van der Waals surface area contributed by atoms with Gasteiger partial charge in [0.2, 0.25) is 0 Å². The Morgan fingerprint density at radius 2 is 1.64 bits per heavy atom. The van der Waals surface area contributed by atoms with Crippen molar-refractivity contribution in [3.63, 3.8) is 0 Å². The zero-order valence-corrected chi connectivity index (χ0v) is 19.9. The van der Waals surface area contributed by atoms with Crippen LogP contribution in [0.15, 0.2) is 77.7 Å². The zero-order valence-electron chi connectivity index (χ0n) is 18.9. The van der Waals surface area contributed by atoms with Crippen LogP contribution in [0.1, 0.15) is 27.0 Å². The molecule has 0 spiro atoms. The summed E-state index contributed by atoms with van der Waals surface area (Å²) >= 11 is 0. The van der Waals surface area contributed by atoms with E-state index in [-0.39, 0.29) is 23.2 Å². The van der Waals surface area contributed by atoms with E-state index in [9.17, 15) is 9.90 Å². The van der Waals surface area contributed by atoms with Crippen molar-refractivity contribution in [2.75, 3.05) is 6.61 Å². The van der Waals surface area contributed by atoms with Gasteiger partial charge in [-0.15, -0.1) is 0 Å². The largest absolute Gasteiger partial charge is 0.453 e. The molecule has 1 N–H and O–H groups in total. The van der Waals surface area contributed by atoms with Gasteiger partial charge in [-0.05, 0) is 15.4 Å². The smallest absolute Gasteiger partial charge is 0.302 e. The highest BCUT2D eigenvalue weighted by Crippen LogP contribution is 2.41. The van der Waals surface area contributed by atoms with Crippen LogP contribution in [0.25, 0.3) is 0 Å². The second kappa shape index (κ2) is 8.21. The van der Waals surface area contributed by atoms with Crippen molar-refractivity contribution < 1.29 is 19.0 Å². The number of hydrogen-bond acceptors (Lipinski definition) is 6. The van der Waals surface area contributed by atoms with Crippen LogP contribution < -0.4 is 20.7 Å². The Hall–Kier alpha value is -2.78. The van der Waals surface area contributed by atoms with Crippen molar-refractivity contribution in [3.05, 3.63) is 83.3 Å². The minimum absolute atomic E-state index is 0.169. The quantitative estimate of drug-likeness (QED) is 0.581. The third kappa shape index (κ3) is 3.63. The normalized spacial score (nSPS) is 24.2. The SMILES string of the molecule is CC(C)(C)[Si](OC[C@H]1O[C@@H]2C(Oc3nc(=O)ccn32)C1O)(c1ccccc1)c1ccccc1. The number of aromatic nitrogens is 2. The average Bonchev–Trinajstić information content (AvgIpc) is 3.30. The molecular formula is C25H28N2O5Si. The van der Waals surface area contributed by atoms with Gasteiger partial charge in [-0.25, -0.2) is 0 Å². The number of aliphatic hydroxyl groups excluding tert-OH is 1. The maximum absolute atomic E-state index is 11.5. The predicted molar refractivity (Wildman–Crippen MR) is 126 cm³/mol. The van der Waals surface area contributed by atoms with Gasteiger partial charge in [0, 0.05) is 12.3 Å². The highest BCUT2D eigenvalue weighted by molar-refractivity contribution is 6.99. The molecule has 0 bridgehead atoms. The Morgan fingerprint density at radius 3 is 2.21 bits per heavy atom. The third-order valence-corrected chi connectivity index (χ3v) is 11.5. The fourth-order valence-electron chi connectivity index (χ4n) is 4.98. The molecule has 1 aromatic heterocycles. The maximum atomic E-state index is 11.5. The summed E-state index contributed by atoms with van der Waals surface area (Å²) in [6.07, 6.45) is -1.07. The maximum Gasteiger partial charge on any atom is 0.302 e. The second-order valence-electron chi connectivity index (χ2n) is 9.57. The van der Waals surface area contributed by atoms with Crippen LogP contribution in [-0.4, -0.2) is 47.9 Å². The van der Waals surface area contributed by atoms with E-state index in [0.29, 0.717) is 0 Å². The van der Waals surface area contributed by atoms with Gasteiger partial charge in [-0.3, -0.25) is 9.36 Å². The van der Waals surface area contributed by atoms with Gasteiger partial charge in [0.25, 0.3) is 13.9 Å². The van der Waals surface area contributed by atoms with Crippen molar-refractivity contribution in [1.82, 2.24) is 9.55 Å². The summed E-state index contributed by atoms with van der Waals surface area (Å²) in [6.45, 7) is 6.84. The molecule has 33 heavy (non-hydrogen) atoms. The molecule has 0 amide bonds. The first-order valence-electron chi connectivity index (χ1n) is 11.2. The summed E-state index contributed by atoms with van der Waals surface area (Å²) in [5.74, 6) is 0. The second-order valence-corrected chi connectivity index (χ2v) is 13.9. The molecule has 3 heterocycles. The first-order valence-corrected chi connectivity index (χ1v) is 13.1. The van der Waals surface area contributed by atoms with Gasteiger partial charge in [0.1, 0.15) is 12.2 Å². The van der Waals surface area contributed by atoms with Crippen molar-refractivity contribution in [3.8, 4) is 6.01 Å². The van der Waals surface area contributed by atoms with Crippen LogP contribution >= 0.6 is 0 Å². The molecule has 0 saturated carbocycles. The molecule has 2 aliphatic heterocycles. The number of fused-ring (bicyclic) bond motifs is 3. The molecule has 7 nitrogen and oxygen atoms in total. The topological polar surface area (TPSA) is 82.8 Å². The molecule has 2 unspecified atom stereocenters. The van der Waals surface area contributed by atoms with E-state index in [2.05, 4.69) is 50.0 Å². The lowest BCUT2D eigenvalue weighted by atomic mass is 10.1. The Kier molecular flexibility index (Phi) is 5.48. The number of rotatable bonds is 5. The van der Waals surface area contributed by atoms with E-state index < -0.39 is 32.9 Å². The van der Waals surface area contributed by atoms with E-state index >= 15 is 0 Å². The molecule has 5 rings (SSSR count). The van der Waals surface area contributed by atoms with Gasteiger partial charge in [-0.1, -0.05) is 81.4 Å². The van der Waals surface area contributed by atoms with Gasteiger partial charge >= 0.3 is 6.01 Å². The monoisotopic (exact) mass is 464 g/mol. The van der Waals surface area contributed by atoms with Crippen LogP contribution in [0, 0.1) is 0 Å². The lowest BCUT2D eigenvalue weighted by Crippen LogP contribution is -2.67. The van der Waals surface area contributed by atoms with Gasteiger partial charge < -0.3 is 19.0 Å². The Morgan fingerprint density at radius 1 is 1.03 bits per heavy atom. The fourth-order valence-corrected chi connectivity index (χ4v) is 9.55. The van der Waals surface area contributed by atoms with E-state index in [4.69, 9.17) is 13.9 Å². The van der Waals surface area contributed by atoms with Crippen molar-refractivity contribution in [1.29, 1.82) is 0 Å². The van der Waals surface area contributed by atoms with Gasteiger partial charge in [-0.2, -0.15) is 4.98 Å². The molecule has 8 heteroatoms. The van der Waals surface area contributed by atoms with E-state index in [1.165, 1.54) is 16.4 Å².